The first-order valence-corrected chi connectivity index (χ1v) is 9.66. The van der Waals surface area contributed by atoms with Crippen LogP contribution in [-0.2, 0) is 11.3 Å². The fraction of sp³-hybridized carbons (Fsp3) is 0.364. The van der Waals surface area contributed by atoms with Gasteiger partial charge in [0.25, 0.3) is 5.91 Å². The van der Waals surface area contributed by atoms with E-state index in [1.54, 1.807) is 7.11 Å². The summed E-state index contributed by atoms with van der Waals surface area (Å²) in [7, 11) is 1.63. The van der Waals surface area contributed by atoms with Crippen molar-refractivity contribution in [1.29, 1.82) is 0 Å². The molecule has 2 aliphatic heterocycles. The molecule has 2 aliphatic rings. The molecule has 2 aromatic rings. The second-order valence-corrected chi connectivity index (χ2v) is 7.21. The van der Waals surface area contributed by atoms with E-state index in [4.69, 9.17) is 9.47 Å². The number of fused-ring (bicyclic) bond motifs is 1. The number of rotatable bonds is 5. The van der Waals surface area contributed by atoms with E-state index in [0.717, 1.165) is 55.2 Å². The number of methoxy groups -OCH3 is 1. The molecule has 6 nitrogen and oxygen atoms in total. The average molecular weight is 379 g/mol. The van der Waals surface area contributed by atoms with Crippen LogP contribution in [0.2, 0.25) is 0 Å². The molecule has 0 atom stereocenters. The van der Waals surface area contributed by atoms with Gasteiger partial charge in [0.15, 0.2) is 0 Å². The number of pyridine rings is 1. The van der Waals surface area contributed by atoms with Crippen LogP contribution in [0.5, 0.6) is 11.5 Å². The van der Waals surface area contributed by atoms with E-state index >= 15 is 0 Å². The third-order valence-corrected chi connectivity index (χ3v) is 5.26. The summed E-state index contributed by atoms with van der Waals surface area (Å²) in [6.07, 6.45) is 5.61. The first-order valence-electron chi connectivity index (χ1n) is 9.66. The zero-order chi connectivity index (χ0) is 19.3. The molecule has 6 heteroatoms. The molecule has 3 heterocycles. The zero-order valence-corrected chi connectivity index (χ0v) is 16.1. The number of carbonyl (C=O) groups excluding carboxylic acids is 1. The maximum absolute atomic E-state index is 12.7. The minimum atomic E-state index is -0.0448. The fourth-order valence-corrected chi connectivity index (χ4v) is 3.65. The molecule has 0 saturated carbocycles. The molecule has 0 unspecified atom stereocenters. The molecule has 4 rings (SSSR count). The Kier molecular flexibility index (Phi) is 5.58. The minimum absolute atomic E-state index is 0.0448. The third kappa shape index (κ3) is 4.34. The van der Waals surface area contributed by atoms with Gasteiger partial charge in [-0.15, -0.1) is 0 Å². The number of piperidine rings is 1. The van der Waals surface area contributed by atoms with E-state index in [-0.39, 0.29) is 11.9 Å². The number of benzene rings is 1. The summed E-state index contributed by atoms with van der Waals surface area (Å²) in [5.74, 6) is 1.48. The summed E-state index contributed by atoms with van der Waals surface area (Å²) in [6.45, 7) is 3.07. The van der Waals surface area contributed by atoms with Crippen LogP contribution < -0.4 is 14.8 Å². The van der Waals surface area contributed by atoms with Crippen LogP contribution in [0.4, 0.5) is 0 Å². The summed E-state index contributed by atoms with van der Waals surface area (Å²) >= 11 is 0. The molecule has 1 amide bonds. The van der Waals surface area contributed by atoms with Gasteiger partial charge in [-0.05, 0) is 49.2 Å². The summed E-state index contributed by atoms with van der Waals surface area (Å²) in [4.78, 5) is 19.5. The maximum Gasteiger partial charge on any atom is 0.250 e. The molecule has 1 fully saturated rings. The Morgan fingerprint density at radius 2 is 2.14 bits per heavy atom. The summed E-state index contributed by atoms with van der Waals surface area (Å²) in [5.41, 5.74) is 2.61. The maximum atomic E-state index is 12.7. The lowest BCUT2D eigenvalue weighted by molar-refractivity contribution is -0.118. The van der Waals surface area contributed by atoms with Gasteiger partial charge in [-0.25, -0.2) is 0 Å². The fourth-order valence-electron chi connectivity index (χ4n) is 3.65. The molecular formula is C22H25N3O3. The quantitative estimate of drug-likeness (QED) is 0.865. The van der Waals surface area contributed by atoms with Crippen LogP contribution in [0.25, 0.3) is 6.08 Å². The highest BCUT2D eigenvalue weighted by Gasteiger charge is 2.24. The van der Waals surface area contributed by atoms with E-state index in [2.05, 4.69) is 21.3 Å². The van der Waals surface area contributed by atoms with E-state index < -0.39 is 0 Å². The second-order valence-electron chi connectivity index (χ2n) is 7.21. The van der Waals surface area contributed by atoms with Gasteiger partial charge in [0, 0.05) is 37.4 Å². The standard InChI is InChI=1S/C22H25N3O3/c1-27-20-5-6-21-16(13-20)12-17(15-28-21)22(26)24-18-7-10-25(11-8-18)14-19-4-2-3-9-23-19/h2-6,9,12-13,18H,7-8,10-11,14-15H2,1H3,(H,24,26). The lowest BCUT2D eigenvalue weighted by Gasteiger charge is -2.32. The molecule has 1 aromatic heterocycles. The predicted octanol–water partition coefficient (Wildman–Crippen LogP) is 2.65. The molecule has 1 saturated heterocycles. The molecule has 0 bridgehead atoms. The first-order chi connectivity index (χ1) is 13.7. The van der Waals surface area contributed by atoms with E-state index in [9.17, 15) is 4.79 Å². The highest BCUT2D eigenvalue weighted by atomic mass is 16.5. The molecular weight excluding hydrogens is 354 g/mol. The number of aromatic nitrogens is 1. The molecule has 1 N–H and O–H groups in total. The number of carbonyl (C=O) groups is 1. The minimum Gasteiger partial charge on any atom is -0.497 e. The molecule has 0 radical (unpaired) electrons. The monoisotopic (exact) mass is 379 g/mol. The van der Waals surface area contributed by atoms with Gasteiger partial charge in [-0.1, -0.05) is 6.07 Å². The van der Waals surface area contributed by atoms with Crippen LogP contribution in [-0.4, -0.2) is 48.6 Å². The zero-order valence-electron chi connectivity index (χ0n) is 16.1. The van der Waals surface area contributed by atoms with Crippen LogP contribution in [0.15, 0.2) is 48.2 Å². The van der Waals surface area contributed by atoms with Crippen LogP contribution in [0, 0.1) is 0 Å². The van der Waals surface area contributed by atoms with E-state index in [0.29, 0.717) is 12.2 Å². The topological polar surface area (TPSA) is 63.7 Å². The van der Waals surface area contributed by atoms with Crippen molar-refractivity contribution >= 4 is 12.0 Å². The third-order valence-electron chi connectivity index (χ3n) is 5.26. The highest BCUT2D eigenvalue weighted by molar-refractivity contribution is 5.99. The summed E-state index contributed by atoms with van der Waals surface area (Å²) in [6, 6.07) is 11.8. The number of hydrogen-bond donors (Lipinski definition) is 1. The van der Waals surface area contributed by atoms with Gasteiger partial charge in [0.1, 0.15) is 18.1 Å². The Hall–Kier alpha value is -2.86. The second kappa shape index (κ2) is 8.44. The van der Waals surface area contributed by atoms with Crippen molar-refractivity contribution in [3.63, 3.8) is 0 Å². The number of nitrogens with zero attached hydrogens (tertiary/aromatic N) is 2. The Morgan fingerprint density at radius 1 is 1.29 bits per heavy atom. The molecule has 28 heavy (non-hydrogen) atoms. The van der Waals surface area contributed by atoms with Crippen molar-refractivity contribution in [1.82, 2.24) is 15.2 Å². The number of ether oxygens (including phenoxy) is 2. The van der Waals surface area contributed by atoms with Gasteiger partial charge in [0.05, 0.1) is 18.4 Å². The van der Waals surface area contributed by atoms with Crippen LogP contribution in [0.3, 0.4) is 0 Å². The molecule has 146 valence electrons. The Bertz CT molecular complexity index is 859. The van der Waals surface area contributed by atoms with Crippen LogP contribution in [0.1, 0.15) is 24.1 Å². The van der Waals surface area contributed by atoms with Crippen LogP contribution >= 0.6 is 0 Å². The number of hydrogen-bond acceptors (Lipinski definition) is 5. The number of amides is 1. The summed E-state index contributed by atoms with van der Waals surface area (Å²) < 4.78 is 11.0. The Balaban J connectivity index is 1.31. The van der Waals surface area contributed by atoms with Crippen molar-refractivity contribution < 1.29 is 14.3 Å². The largest absolute Gasteiger partial charge is 0.497 e. The van der Waals surface area contributed by atoms with Crippen molar-refractivity contribution in [2.45, 2.75) is 25.4 Å². The van der Waals surface area contributed by atoms with Gasteiger partial charge >= 0.3 is 0 Å². The molecule has 0 spiro atoms. The van der Waals surface area contributed by atoms with Crippen molar-refractivity contribution in [2.75, 3.05) is 26.8 Å². The highest BCUT2D eigenvalue weighted by Crippen LogP contribution is 2.30. The average Bonchev–Trinajstić information content (AvgIpc) is 2.75. The lowest BCUT2D eigenvalue weighted by Crippen LogP contribution is -2.45. The van der Waals surface area contributed by atoms with Gasteiger partial charge < -0.3 is 14.8 Å². The number of nitrogens with one attached hydrogen (secondary N) is 1. The van der Waals surface area contributed by atoms with Crippen molar-refractivity contribution in [3.8, 4) is 11.5 Å². The smallest absolute Gasteiger partial charge is 0.250 e. The number of likely N-dealkylation sites (tertiary alicyclic amines) is 1. The van der Waals surface area contributed by atoms with Crippen molar-refractivity contribution in [2.24, 2.45) is 0 Å². The van der Waals surface area contributed by atoms with Gasteiger partial charge in [-0.2, -0.15) is 0 Å². The normalized spacial score (nSPS) is 17.2. The molecule has 1 aromatic carbocycles. The Morgan fingerprint density at radius 3 is 2.89 bits per heavy atom. The summed E-state index contributed by atoms with van der Waals surface area (Å²) in [5, 5.41) is 3.17. The van der Waals surface area contributed by atoms with E-state index in [1.165, 1.54) is 0 Å². The lowest BCUT2D eigenvalue weighted by atomic mass is 10.0. The van der Waals surface area contributed by atoms with E-state index in [1.807, 2.05) is 42.6 Å². The molecule has 0 aliphatic carbocycles. The Labute approximate surface area is 165 Å². The van der Waals surface area contributed by atoms with Gasteiger partial charge in [-0.3, -0.25) is 14.7 Å². The van der Waals surface area contributed by atoms with Gasteiger partial charge in [0.2, 0.25) is 0 Å². The first kappa shape index (κ1) is 18.5. The predicted molar refractivity (Wildman–Crippen MR) is 107 cm³/mol. The van der Waals surface area contributed by atoms with Crippen molar-refractivity contribution in [3.05, 3.63) is 59.4 Å². The SMILES string of the molecule is COc1ccc2c(c1)C=C(C(=O)NC1CCN(Cc3ccccn3)CC1)CO2.